The van der Waals surface area contributed by atoms with E-state index in [0.29, 0.717) is 5.69 Å². The van der Waals surface area contributed by atoms with Gasteiger partial charge >= 0.3 is 6.18 Å². The van der Waals surface area contributed by atoms with Crippen molar-refractivity contribution in [2.45, 2.75) is 38.3 Å². The van der Waals surface area contributed by atoms with E-state index in [9.17, 15) is 13.2 Å². The van der Waals surface area contributed by atoms with Crippen molar-refractivity contribution in [2.75, 3.05) is 0 Å². The predicted octanol–water partition coefficient (Wildman–Crippen LogP) is 3.78. The van der Waals surface area contributed by atoms with Crippen LogP contribution in [-0.4, -0.2) is 10.2 Å². The van der Waals surface area contributed by atoms with Crippen molar-refractivity contribution in [3.63, 3.8) is 0 Å². The topological polar surface area (TPSA) is 28.7 Å². The average molecular weight is 230 g/mol. The fourth-order valence-electron chi connectivity index (χ4n) is 1.88. The Hall–Kier alpha value is -1.26. The number of nitrogens with one attached hydrogen (secondary N) is 1. The van der Waals surface area contributed by atoms with E-state index in [1.165, 1.54) is 0 Å². The molecule has 0 amide bonds. The molecular weight excluding hydrogens is 217 g/mol. The number of alkyl halides is 3. The maximum Gasteiger partial charge on any atom is 0.432 e. The number of aromatic nitrogens is 2. The molecule has 0 spiro atoms. The lowest BCUT2D eigenvalue weighted by atomic mass is 10.1. The van der Waals surface area contributed by atoms with Crippen LogP contribution < -0.4 is 0 Å². The van der Waals surface area contributed by atoms with Crippen LogP contribution in [0.3, 0.4) is 0 Å². The summed E-state index contributed by atoms with van der Waals surface area (Å²) in [6.45, 7) is 0. The Morgan fingerprint density at radius 2 is 2.00 bits per heavy atom. The summed E-state index contributed by atoms with van der Waals surface area (Å²) >= 11 is 0. The third-order valence-corrected chi connectivity index (χ3v) is 2.75. The molecule has 1 aromatic heterocycles. The number of aromatic amines is 1. The molecule has 0 aromatic carbocycles. The van der Waals surface area contributed by atoms with Gasteiger partial charge in [-0.3, -0.25) is 5.10 Å². The van der Waals surface area contributed by atoms with Crippen molar-refractivity contribution in [3.8, 4) is 0 Å². The van der Waals surface area contributed by atoms with Gasteiger partial charge in [0.25, 0.3) is 0 Å². The third-order valence-electron chi connectivity index (χ3n) is 2.75. The largest absolute Gasteiger partial charge is 0.432 e. The molecule has 2 nitrogen and oxygen atoms in total. The minimum absolute atomic E-state index is 0.439. The lowest BCUT2D eigenvalue weighted by Gasteiger charge is -2.01. The summed E-state index contributed by atoms with van der Waals surface area (Å²) in [5.41, 5.74) is 0.603. The normalized spacial score (nSPS) is 18.1. The monoisotopic (exact) mass is 230 g/mol. The Bertz CT molecular complexity index is 390. The first-order valence-electron chi connectivity index (χ1n) is 5.39. The van der Waals surface area contributed by atoms with Crippen LogP contribution in [0.5, 0.6) is 0 Å². The second-order valence-corrected chi connectivity index (χ2v) is 3.99. The standard InChI is InChI=1S/C11H13F3N2/c12-11(13,14)10-7-9(15-16-10)8-5-3-1-2-4-6-8/h5,7H,1-4,6H2,(H,15,16). The smallest absolute Gasteiger partial charge is 0.273 e. The third kappa shape index (κ3) is 2.46. The highest BCUT2D eigenvalue weighted by atomic mass is 19.4. The molecule has 0 saturated carbocycles. The Labute approximate surface area is 91.5 Å². The minimum atomic E-state index is -4.34. The van der Waals surface area contributed by atoms with E-state index in [1.807, 2.05) is 11.2 Å². The molecular formula is C11H13F3N2. The van der Waals surface area contributed by atoms with Gasteiger partial charge in [0.15, 0.2) is 0 Å². The maximum atomic E-state index is 12.4. The van der Waals surface area contributed by atoms with Crippen LogP contribution >= 0.6 is 0 Å². The molecule has 1 aliphatic carbocycles. The molecule has 1 aromatic rings. The van der Waals surface area contributed by atoms with Crippen molar-refractivity contribution >= 4 is 5.57 Å². The molecule has 88 valence electrons. The number of nitrogens with zero attached hydrogens (tertiary/aromatic N) is 1. The van der Waals surface area contributed by atoms with Gasteiger partial charge in [-0.05, 0) is 37.3 Å². The molecule has 1 N–H and O–H groups in total. The molecule has 0 bridgehead atoms. The van der Waals surface area contributed by atoms with Gasteiger partial charge in [0.2, 0.25) is 0 Å². The Morgan fingerprint density at radius 3 is 2.69 bits per heavy atom. The number of hydrogen-bond acceptors (Lipinski definition) is 1. The van der Waals surface area contributed by atoms with E-state index in [1.54, 1.807) is 0 Å². The first kappa shape index (κ1) is 11.2. The molecule has 0 saturated heterocycles. The van der Waals surface area contributed by atoms with Crippen LogP contribution in [0.1, 0.15) is 43.5 Å². The van der Waals surface area contributed by atoms with Crippen molar-refractivity contribution < 1.29 is 13.2 Å². The van der Waals surface area contributed by atoms with Crippen LogP contribution in [0.25, 0.3) is 5.57 Å². The summed E-state index contributed by atoms with van der Waals surface area (Å²) < 4.78 is 37.1. The van der Waals surface area contributed by atoms with Crippen LogP contribution in [0.4, 0.5) is 13.2 Å². The molecule has 0 aliphatic heterocycles. The predicted molar refractivity (Wildman–Crippen MR) is 54.7 cm³/mol. The van der Waals surface area contributed by atoms with Gasteiger partial charge in [-0.15, -0.1) is 0 Å². The van der Waals surface area contributed by atoms with Gasteiger partial charge in [-0.2, -0.15) is 18.3 Å². The SMILES string of the molecule is FC(F)(F)c1cc(C2=CCCCCC2)n[nH]1. The summed E-state index contributed by atoms with van der Waals surface area (Å²) in [4.78, 5) is 0. The van der Waals surface area contributed by atoms with E-state index < -0.39 is 11.9 Å². The van der Waals surface area contributed by atoms with E-state index in [2.05, 4.69) is 5.10 Å². The van der Waals surface area contributed by atoms with Crippen LogP contribution in [0.15, 0.2) is 12.1 Å². The fraction of sp³-hybridized carbons (Fsp3) is 0.545. The zero-order chi connectivity index (χ0) is 11.6. The summed E-state index contributed by atoms with van der Waals surface area (Å²) in [5, 5.41) is 5.78. The molecule has 2 rings (SSSR count). The lowest BCUT2D eigenvalue weighted by Crippen LogP contribution is -2.04. The first-order valence-corrected chi connectivity index (χ1v) is 5.39. The minimum Gasteiger partial charge on any atom is -0.273 e. The highest BCUT2D eigenvalue weighted by molar-refractivity contribution is 5.62. The molecule has 16 heavy (non-hydrogen) atoms. The Kier molecular flexibility index (Phi) is 3.03. The maximum absolute atomic E-state index is 12.4. The van der Waals surface area contributed by atoms with Gasteiger partial charge in [0.05, 0.1) is 5.69 Å². The number of allylic oxidation sites excluding steroid dienone is 2. The zero-order valence-electron chi connectivity index (χ0n) is 8.77. The van der Waals surface area contributed by atoms with E-state index >= 15 is 0 Å². The van der Waals surface area contributed by atoms with Gasteiger partial charge in [0, 0.05) is 0 Å². The molecule has 0 atom stereocenters. The van der Waals surface area contributed by atoms with E-state index in [-0.39, 0.29) is 0 Å². The fourth-order valence-corrected chi connectivity index (χ4v) is 1.88. The molecule has 5 heteroatoms. The van der Waals surface area contributed by atoms with Gasteiger partial charge in [-0.1, -0.05) is 12.5 Å². The van der Waals surface area contributed by atoms with E-state index in [0.717, 1.165) is 43.7 Å². The highest BCUT2D eigenvalue weighted by Crippen LogP contribution is 2.31. The number of rotatable bonds is 1. The van der Waals surface area contributed by atoms with Crippen LogP contribution in [-0.2, 0) is 6.18 Å². The zero-order valence-corrected chi connectivity index (χ0v) is 8.77. The number of halogens is 3. The van der Waals surface area contributed by atoms with Crippen LogP contribution in [0.2, 0.25) is 0 Å². The highest BCUT2D eigenvalue weighted by Gasteiger charge is 2.33. The molecule has 1 aliphatic rings. The Morgan fingerprint density at radius 1 is 1.19 bits per heavy atom. The van der Waals surface area contributed by atoms with Gasteiger partial charge in [0.1, 0.15) is 5.69 Å². The summed E-state index contributed by atoms with van der Waals surface area (Å²) in [5.74, 6) is 0. The first-order chi connectivity index (χ1) is 7.57. The average Bonchev–Trinajstić information content (AvgIpc) is 2.55. The lowest BCUT2D eigenvalue weighted by molar-refractivity contribution is -0.141. The van der Waals surface area contributed by atoms with Crippen molar-refractivity contribution in [3.05, 3.63) is 23.5 Å². The number of hydrogen-bond donors (Lipinski definition) is 1. The number of H-pyrrole nitrogens is 1. The molecule has 1 heterocycles. The summed E-state index contributed by atoms with van der Waals surface area (Å²) in [7, 11) is 0. The summed E-state index contributed by atoms with van der Waals surface area (Å²) in [6.07, 6.45) is 2.70. The second kappa shape index (κ2) is 4.31. The Balaban J connectivity index is 2.21. The second-order valence-electron chi connectivity index (χ2n) is 3.99. The van der Waals surface area contributed by atoms with Crippen molar-refractivity contribution in [1.29, 1.82) is 0 Å². The van der Waals surface area contributed by atoms with Crippen molar-refractivity contribution in [2.24, 2.45) is 0 Å². The van der Waals surface area contributed by atoms with Crippen LogP contribution in [0, 0.1) is 0 Å². The van der Waals surface area contributed by atoms with E-state index in [4.69, 9.17) is 0 Å². The summed E-state index contributed by atoms with van der Waals surface area (Å²) in [6, 6.07) is 1.09. The molecule has 0 radical (unpaired) electrons. The quantitative estimate of drug-likeness (QED) is 0.781. The molecule has 0 unspecified atom stereocenters. The van der Waals surface area contributed by atoms with Gasteiger partial charge in [-0.25, -0.2) is 0 Å². The van der Waals surface area contributed by atoms with Gasteiger partial charge < -0.3 is 0 Å². The van der Waals surface area contributed by atoms with Crippen molar-refractivity contribution in [1.82, 2.24) is 10.2 Å². The molecule has 0 fully saturated rings.